The summed E-state index contributed by atoms with van der Waals surface area (Å²) in [7, 11) is 0. The van der Waals surface area contributed by atoms with E-state index in [9.17, 15) is 10.1 Å². The van der Waals surface area contributed by atoms with Gasteiger partial charge in [-0.3, -0.25) is 14.5 Å². The van der Waals surface area contributed by atoms with Gasteiger partial charge in [-0.15, -0.1) is 0 Å². The zero-order valence-corrected chi connectivity index (χ0v) is 15.1. The summed E-state index contributed by atoms with van der Waals surface area (Å²) in [5, 5.41) is 15.0. The number of imidazole rings is 1. The maximum absolute atomic E-state index is 11.5. The Morgan fingerprint density at radius 3 is 2.48 bits per heavy atom. The van der Waals surface area contributed by atoms with Crippen LogP contribution in [-0.2, 0) is 0 Å². The lowest BCUT2D eigenvalue weighted by Crippen LogP contribution is -2.27. The smallest absolute Gasteiger partial charge is 0.278 e. The minimum absolute atomic E-state index is 0.0530. The van der Waals surface area contributed by atoms with Crippen molar-refractivity contribution < 1.29 is 4.92 Å². The molecule has 0 unspecified atom stereocenters. The highest BCUT2D eigenvalue weighted by molar-refractivity contribution is 5.82. The van der Waals surface area contributed by atoms with Gasteiger partial charge in [0.1, 0.15) is 17.2 Å². The van der Waals surface area contributed by atoms with Crippen LogP contribution in [0.5, 0.6) is 0 Å². The second-order valence-electron chi connectivity index (χ2n) is 7.33. The summed E-state index contributed by atoms with van der Waals surface area (Å²) in [5.41, 5.74) is 3.85. The van der Waals surface area contributed by atoms with Crippen molar-refractivity contribution in [3.8, 4) is 11.3 Å². The summed E-state index contributed by atoms with van der Waals surface area (Å²) in [6.45, 7) is 10.2. The Kier molecular flexibility index (Phi) is 3.99. The van der Waals surface area contributed by atoms with Crippen molar-refractivity contribution in [2.75, 3.05) is 5.32 Å². The summed E-state index contributed by atoms with van der Waals surface area (Å²) in [6, 6.07) is 10.8. The molecule has 0 aliphatic rings. The number of hydrogen-bond donors (Lipinski definition) is 1. The largest absolute Gasteiger partial charge is 0.365 e. The summed E-state index contributed by atoms with van der Waals surface area (Å²) < 4.78 is 2.02. The number of benzene rings is 1. The fourth-order valence-corrected chi connectivity index (χ4v) is 3.02. The summed E-state index contributed by atoms with van der Waals surface area (Å²) in [4.78, 5) is 15.8. The van der Waals surface area contributed by atoms with Crippen molar-refractivity contribution in [3.63, 3.8) is 0 Å². The standard InChI is InChI=1S/C19H22N4O2/c1-12-10-13(2)22-16(11-12)20-17(18(22)21-19(3,4)5)14-8-6-7-9-15(14)23(24)25/h6-11,21H,1-5H3. The first kappa shape index (κ1) is 17.0. The van der Waals surface area contributed by atoms with E-state index in [-0.39, 0.29) is 16.1 Å². The first-order valence-corrected chi connectivity index (χ1v) is 8.19. The predicted octanol–water partition coefficient (Wildman–Crippen LogP) is 4.74. The maximum Gasteiger partial charge on any atom is 0.278 e. The van der Waals surface area contributed by atoms with Crippen LogP contribution in [0.4, 0.5) is 11.5 Å². The van der Waals surface area contributed by atoms with Crippen LogP contribution in [0.2, 0.25) is 0 Å². The van der Waals surface area contributed by atoms with Crippen LogP contribution in [0.15, 0.2) is 36.4 Å². The Morgan fingerprint density at radius 1 is 1.16 bits per heavy atom. The average molecular weight is 338 g/mol. The number of nitrogens with one attached hydrogen (secondary N) is 1. The van der Waals surface area contributed by atoms with Gasteiger partial charge in [-0.2, -0.15) is 0 Å². The molecule has 130 valence electrons. The van der Waals surface area contributed by atoms with Crippen molar-refractivity contribution in [3.05, 3.63) is 57.8 Å². The zero-order valence-electron chi connectivity index (χ0n) is 15.1. The van der Waals surface area contributed by atoms with Gasteiger partial charge in [0, 0.05) is 17.3 Å². The summed E-state index contributed by atoms with van der Waals surface area (Å²) in [6.07, 6.45) is 0. The Labute approximate surface area is 146 Å². The van der Waals surface area contributed by atoms with Crippen molar-refractivity contribution in [2.45, 2.75) is 40.2 Å². The fraction of sp³-hybridized carbons (Fsp3) is 0.316. The maximum atomic E-state index is 11.5. The van der Waals surface area contributed by atoms with E-state index in [0.717, 1.165) is 22.7 Å². The molecule has 25 heavy (non-hydrogen) atoms. The molecule has 0 aliphatic heterocycles. The molecule has 0 spiro atoms. The third-order valence-electron chi connectivity index (χ3n) is 3.90. The molecule has 1 N–H and O–H groups in total. The molecule has 2 heterocycles. The van der Waals surface area contributed by atoms with Crippen LogP contribution in [0, 0.1) is 24.0 Å². The van der Waals surface area contributed by atoms with Gasteiger partial charge in [0.05, 0.1) is 10.5 Å². The van der Waals surface area contributed by atoms with Crippen LogP contribution < -0.4 is 5.32 Å². The van der Waals surface area contributed by atoms with Crippen molar-refractivity contribution in [1.29, 1.82) is 0 Å². The van der Waals surface area contributed by atoms with Gasteiger partial charge in [-0.05, 0) is 58.4 Å². The molecule has 0 atom stereocenters. The Bertz CT molecular complexity index is 967. The predicted molar refractivity (Wildman–Crippen MR) is 100 cm³/mol. The summed E-state index contributed by atoms with van der Waals surface area (Å²) in [5.74, 6) is 0.773. The lowest BCUT2D eigenvalue weighted by atomic mass is 10.1. The highest BCUT2D eigenvalue weighted by Gasteiger charge is 2.25. The monoisotopic (exact) mass is 338 g/mol. The number of aryl methyl sites for hydroxylation is 2. The Hall–Kier alpha value is -2.89. The number of nitrogens with zero attached hydrogens (tertiary/aromatic N) is 3. The van der Waals surface area contributed by atoms with E-state index >= 15 is 0 Å². The van der Waals surface area contributed by atoms with Gasteiger partial charge in [-0.1, -0.05) is 12.1 Å². The molecule has 3 rings (SSSR count). The lowest BCUT2D eigenvalue weighted by Gasteiger charge is -2.23. The van der Waals surface area contributed by atoms with Crippen LogP contribution >= 0.6 is 0 Å². The molecule has 0 saturated carbocycles. The zero-order chi connectivity index (χ0) is 18.4. The van der Waals surface area contributed by atoms with E-state index in [1.165, 1.54) is 6.07 Å². The normalized spacial score (nSPS) is 11.7. The van der Waals surface area contributed by atoms with E-state index in [1.54, 1.807) is 18.2 Å². The molecular weight excluding hydrogens is 316 g/mol. The fourth-order valence-electron chi connectivity index (χ4n) is 3.02. The van der Waals surface area contributed by atoms with Gasteiger partial charge in [0.2, 0.25) is 0 Å². The van der Waals surface area contributed by atoms with Crippen LogP contribution in [0.1, 0.15) is 32.0 Å². The number of aromatic nitrogens is 2. The molecule has 6 nitrogen and oxygen atoms in total. The van der Waals surface area contributed by atoms with Crippen LogP contribution in [0.3, 0.4) is 0 Å². The molecule has 3 aromatic rings. The van der Waals surface area contributed by atoms with E-state index in [1.807, 2.05) is 24.3 Å². The third kappa shape index (κ3) is 3.20. The molecule has 0 bridgehead atoms. The number of hydrogen-bond acceptors (Lipinski definition) is 4. The lowest BCUT2D eigenvalue weighted by molar-refractivity contribution is -0.384. The molecule has 0 amide bonds. The number of para-hydroxylation sites is 1. The second-order valence-corrected chi connectivity index (χ2v) is 7.33. The van der Waals surface area contributed by atoms with E-state index in [2.05, 4.69) is 32.2 Å². The minimum atomic E-state index is -0.363. The van der Waals surface area contributed by atoms with Gasteiger partial charge in [0.25, 0.3) is 5.69 Å². The Balaban J connectivity index is 2.37. The molecule has 0 fully saturated rings. The minimum Gasteiger partial charge on any atom is -0.365 e. The van der Waals surface area contributed by atoms with Crippen LogP contribution in [-0.4, -0.2) is 19.8 Å². The summed E-state index contributed by atoms with van der Waals surface area (Å²) >= 11 is 0. The molecule has 0 saturated heterocycles. The van der Waals surface area contributed by atoms with Gasteiger partial charge >= 0.3 is 0 Å². The van der Waals surface area contributed by atoms with E-state index in [0.29, 0.717) is 11.3 Å². The first-order valence-electron chi connectivity index (χ1n) is 8.19. The number of fused-ring (bicyclic) bond motifs is 1. The molecule has 6 heteroatoms. The van der Waals surface area contributed by atoms with Gasteiger partial charge < -0.3 is 5.32 Å². The number of nitro benzene ring substituents is 1. The van der Waals surface area contributed by atoms with E-state index in [4.69, 9.17) is 4.98 Å². The van der Waals surface area contributed by atoms with Crippen molar-refractivity contribution in [1.82, 2.24) is 9.38 Å². The van der Waals surface area contributed by atoms with E-state index < -0.39 is 0 Å². The molecule has 1 aromatic carbocycles. The van der Waals surface area contributed by atoms with Crippen LogP contribution in [0.25, 0.3) is 16.9 Å². The van der Waals surface area contributed by atoms with Gasteiger partial charge in [-0.25, -0.2) is 4.98 Å². The number of anilines is 1. The SMILES string of the molecule is Cc1cc(C)n2c(NC(C)(C)C)c(-c3ccccc3[N+](=O)[O-])nc2c1. The number of rotatable bonds is 3. The highest BCUT2D eigenvalue weighted by Crippen LogP contribution is 2.36. The Morgan fingerprint density at radius 2 is 1.84 bits per heavy atom. The molecular formula is C19H22N4O2. The van der Waals surface area contributed by atoms with Crippen molar-refractivity contribution >= 4 is 17.2 Å². The molecule has 0 aliphatic carbocycles. The third-order valence-corrected chi connectivity index (χ3v) is 3.90. The average Bonchev–Trinajstić information content (AvgIpc) is 2.83. The topological polar surface area (TPSA) is 72.5 Å². The highest BCUT2D eigenvalue weighted by atomic mass is 16.6. The second kappa shape index (κ2) is 5.88. The number of pyridine rings is 1. The number of nitro groups is 1. The van der Waals surface area contributed by atoms with Crippen molar-refractivity contribution in [2.24, 2.45) is 0 Å². The first-order chi connectivity index (χ1) is 11.7. The van der Waals surface area contributed by atoms with Gasteiger partial charge in [0.15, 0.2) is 0 Å². The molecule has 0 radical (unpaired) electrons. The quantitative estimate of drug-likeness (QED) is 0.553. The molecule has 2 aromatic heterocycles.